The number of para-hydroxylation sites is 1. The Morgan fingerprint density at radius 3 is 1.66 bits per heavy atom. The van der Waals surface area contributed by atoms with Crippen LogP contribution in [0.25, 0.3) is 78.0 Å². The summed E-state index contributed by atoms with van der Waals surface area (Å²) in [5, 5.41) is 4.53. The molecule has 0 amide bonds. The van der Waals surface area contributed by atoms with Gasteiger partial charge >= 0.3 is 0 Å². The Labute approximate surface area is 236 Å². The summed E-state index contributed by atoms with van der Waals surface area (Å²) in [4.78, 5) is 14.6. The first-order valence-electron chi connectivity index (χ1n) is 13.6. The molecule has 0 saturated carbocycles. The summed E-state index contributed by atoms with van der Waals surface area (Å²) in [6.07, 6.45) is 0. The van der Waals surface area contributed by atoms with Crippen LogP contribution in [-0.4, -0.2) is 15.0 Å². The van der Waals surface area contributed by atoms with Crippen molar-refractivity contribution >= 4 is 32.7 Å². The maximum atomic E-state index is 6.26. The molecule has 0 radical (unpaired) electrons. The van der Waals surface area contributed by atoms with Crippen molar-refractivity contribution in [3.05, 3.63) is 140 Å². The fourth-order valence-electron chi connectivity index (χ4n) is 5.47. The molecule has 0 bridgehead atoms. The third-order valence-electron chi connectivity index (χ3n) is 7.51. The number of hydrogen-bond donors (Lipinski definition) is 0. The molecule has 41 heavy (non-hydrogen) atoms. The van der Waals surface area contributed by atoms with Gasteiger partial charge in [0.2, 0.25) is 0 Å². The van der Waals surface area contributed by atoms with Gasteiger partial charge in [-0.2, -0.15) is 0 Å². The minimum atomic E-state index is 0.643. The van der Waals surface area contributed by atoms with E-state index >= 15 is 0 Å². The second-order valence-corrected chi connectivity index (χ2v) is 10.1. The Morgan fingerprint density at radius 2 is 0.927 bits per heavy atom. The van der Waals surface area contributed by atoms with Gasteiger partial charge in [0, 0.05) is 32.8 Å². The maximum Gasteiger partial charge on any atom is 0.164 e. The van der Waals surface area contributed by atoms with Crippen LogP contribution in [0.4, 0.5) is 0 Å². The highest BCUT2D eigenvalue weighted by Crippen LogP contribution is 2.36. The molecule has 0 aliphatic carbocycles. The fraction of sp³-hybridized carbons (Fsp3) is 0. The number of rotatable bonds is 4. The minimum Gasteiger partial charge on any atom is -0.455 e. The van der Waals surface area contributed by atoms with Crippen LogP contribution in [0.3, 0.4) is 0 Å². The van der Waals surface area contributed by atoms with E-state index < -0.39 is 0 Å². The molecule has 2 aromatic heterocycles. The van der Waals surface area contributed by atoms with Crippen molar-refractivity contribution in [1.82, 2.24) is 15.0 Å². The third-order valence-corrected chi connectivity index (χ3v) is 7.51. The fourth-order valence-corrected chi connectivity index (χ4v) is 5.47. The predicted molar refractivity (Wildman–Crippen MR) is 166 cm³/mol. The number of hydrogen-bond acceptors (Lipinski definition) is 4. The molecule has 192 valence electrons. The van der Waals surface area contributed by atoms with E-state index in [1.165, 1.54) is 0 Å². The lowest BCUT2D eigenvalue weighted by Crippen LogP contribution is -2.00. The van der Waals surface area contributed by atoms with E-state index in [9.17, 15) is 0 Å². The van der Waals surface area contributed by atoms with Crippen LogP contribution < -0.4 is 0 Å². The van der Waals surface area contributed by atoms with Crippen molar-refractivity contribution in [2.75, 3.05) is 0 Å². The molecule has 8 rings (SSSR count). The van der Waals surface area contributed by atoms with E-state index in [0.29, 0.717) is 17.5 Å². The third kappa shape index (κ3) is 4.14. The molecular formula is C37H23N3O. The molecule has 0 aliphatic heterocycles. The molecule has 0 fully saturated rings. The lowest BCUT2D eigenvalue weighted by atomic mass is 9.98. The molecule has 6 aromatic carbocycles. The van der Waals surface area contributed by atoms with Crippen molar-refractivity contribution in [2.45, 2.75) is 0 Å². The van der Waals surface area contributed by atoms with Gasteiger partial charge in [0.05, 0.1) is 0 Å². The Bertz CT molecular complexity index is 2140. The van der Waals surface area contributed by atoms with E-state index in [1.807, 2.05) is 72.8 Å². The Kier molecular flexibility index (Phi) is 5.42. The topological polar surface area (TPSA) is 51.8 Å². The molecule has 2 heterocycles. The number of aromatic nitrogens is 3. The lowest BCUT2D eigenvalue weighted by Gasteiger charge is -2.10. The zero-order chi connectivity index (χ0) is 27.2. The van der Waals surface area contributed by atoms with Gasteiger partial charge in [-0.1, -0.05) is 109 Å². The van der Waals surface area contributed by atoms with Crippen LogP contribution in [0, 0.1) is 0 Å². The Balaban J connectivity index is 1.24. The van der Waals surface area contributed by atoms with Gasteiger partial charge in [0.1, 0.15) is 11.2 Å². The Morgan fingerprint density at radius 1 is 0.366 bits per heavy atom. The largest absolute Gasteiger partial charge is 0.455 e. The molecule has 0 saturated heterocycles. The molecule has 0 N–H and O–H groups in total. The summed E-state index contributed by atoms with van der Waals surface area (Å²) >= 11 is 0. The van der Waals surface area contributed by atoms with Crippen LogP contribution in [0.5, 0.6) is 0 Å². The van der Waals surface area contributed by atoms with Gasteiger partial charge in [0.15, 0.2) is 17.5 Å². The van der Waals surface area contributed by atoms with Gasteiger partial charge in [-0.25, -0.2) is 15.0 Å². The first-order chi connectivity index (χ1) is 20.3. The maximum absolute atomic E-state index is 6.26. The number of furan rings is 1. The van der Waals surface area contributed by atoms with E-state index in [4.69, 9.17) is 19.4 Å². The zero-order valence-electron chi connectivity index (χ0n) is 22.0. The van der Waals surface area contributed by atoms with Gasteiger partial charge in [-0.15, -0.1) is 0 Å². The first-order valence-corrected chi connectivity index (χ1v) is 13.6. The van der Waals surface area contributed by atoms with Crippen LogP contribution in [0.2, 0.25) is 0 Å². The van der Waals surface area contributed by atoms with Gasteiger partial charge in [-0.05, 0) is 46.8 Å². The van der Waals surface area contributed by atoms with E-state index in [1.54, 1.807) is 0 Å². The lowest BCUT2D eigenvalue weighted by molar-refractivity contribution is 0.672. The molecule has 0 atom stereocenters. The van der Waals surface area contributed by atoms with Crippen LogP contribution in [0.15, 0.2) is 144 Å². The second kappa shape index (κ2) is 9.54. The highest BCUT2D eigenvalue weighted by molar-refractivity contribution is 6.15. The SMILES string of the molecule is c1ccc(-c2nc(-c3ccccc3)nc(-c3cccc(-c4ccc5c(ccc6c7ccccc7oc56)c4)c3)n2)cc1. The van der Waals surface area contributed by atoms with Crippen LogP contribution >= 0.6 is 0 Å². The summed E-state index contributed by atoms with van der Waals surface area (Å²) in [5.41, 5.74) is 6.90. The molecule has 0 spiro atoms. The van der Waals surface area contributed by atoms with Gasteiger partial charge < -0.3 is 4.42 Å². The second-order valence-electron chi connectivity index (χ2n) is 10.1. The van der Waals surface area contributed by atoms with Crippen molar-refractivity contribution in [1.29, 1.82) is 0 Å². The van der Waals surface area contributed by atoms with Crippen molar-refractivity contribution in [3.63, 3.8) is 0 Å². The molecule has 4 nitrogen and oxygen atoms in total. The highest BCUT2D eigenvalue weighted by atomic mass is 16.3. The summed E-state index contributed by atoms with van der Waals surface area (Å²) < 4.78 is 6.26. The molecule has 0 unspecified atom stereocenters. The highest BCUT2D eigenvalue weighted by Gasteiger charge is 2.14. The Hall–Kier alpha value is -5.61. The van der Waals surface area contributed by atoms with Gasteiger partial charge in [-0.3, -0.25) is 0 Å². The summed E-state index contributed by atoms with van der Waals surface area (Å²) in [7, 11) is 0. The molecule has 0 aliphatic rings. The normalized spacial score (nSPS) is 11.4. The van der Waals surface area contributed by atoms with Crippen molar-refractivity contribution in [2.24, 2.45) is 0 Å². The van der Waals surface area contributed by atoms with E-state index in [2.05, 4.69) is 66.7 Å². The van der Waals surface area contributed by atoms with E-state index in [0.717, 1.165) is 60.5 Å². The molecular weight excluding hydrogens is 502 g/mol. The number of benzene rings is 6. The van der Waals surface area contributed by atoms with Gasteiger partial charge in [0.25, 0.3) is 0 Å². The zero-order valence-corrected chi connectivity index (χ0v) is 22.0. The van der Waals surface area contributed by atoms with Crippen molar-refractivity contribution < 1.29 is 4.42 Å². The predicted octanol–water partition coefficient (Wildman–Crippen LogP) is 9.59. The minimum absolute atomic E-state index is 0.643. The average molecular weight is 526 g/mol. The number of fused-ring (bicyclic) bond motifs is 5. The quantitative estimate of drug-likeness (QED) is 0.230. The first kappa shape index (κ1) is 23.3. The summed E-state index contributed by atoms with van der Waals surface area (Å²) in [6, 6.07) is 47.6. The summed E-state index contributed by atoms with van der Waals surface area (Å²) in [6.45, 7) is 0. The average Bonchev–Trinajstić information content (AvgIpc) is 3.44. The number of nitrogens with zero attached hydrogens (tertiary/aromatic N) is 3. The van der Waals surface area contributed by atoms with E-state index in [-0.39, 0.29) is 0 Å². The monoisotopic (exact) mass is 525 g/mol. The molecule has 8 aromatic rings. The smallest absolute Gasteiger partial charge is 0.164 e. The summed E-state index contributed by atoms with van der Waals surface area (Å²) in [5.74, 6) is 1.95. The van der Waals surface area contributed by atoms with Crippen molar-refractivity contribution in [3.8, 4) is 45.3 Å². The van der Waals surface area contributed by atoms with Crippen LogP contribution in [0.1, 0.15) is 0 Å². The van der Waals surface area contributed by atoms with Crippen LogP contribution in [-0.2, 0) is 0 Å². The standard InChI is InChI=1S/C37H23N3O/c1-3-10-24(11-4-1)35-38-36(25-12-5-2-6-13-25)40-37(39-35)29-15-9-14-26(23-29)27-18-20-30-28(22-27)19-21-32-31-16-7-8-17-33(31)41-34(30)32/h1-23H. The molecule has 4 heteroatoms.